The van der Waals surface area contributed by atoms with Gasteiger partial charge >= 0.3 is 0 Å². The third kappa shape index (κ3) is 3.23. The van der Waals surface area contributed by atoms with E-state index in [4.69, 9.17) is 4.74 Å². The number of aryl methyl sites for hydroxylation is 2. The second-order valence-corrected chi connectivity index (χ2v) is 6.69. The van der Waals surface area contributed by atoms with Gasteiger partial charge in [-0.25, -0.2) is 0 Å². The Morgan fingerprint density at radius 1 is 1.50 bits per heavy atom. The van der Waals surface area contributed by atoms with Crippen molar-refractivity contribution in [3.05, 3.63) is 39.8 Å². The lowest BCUT2D eigenvalue weighted by Crippen LogP contribution is -2.36. The van der Waals surface area contributed by atoms with Crippen molar-refractivity contribution in [3.63, 3.8) is 0 Å². The van der Waals surface area contributed by atoms with Crippen molar-refractivity contribution < 1.29 is 9.53 Å². The number of rotatable bonds is 4. The Hall–Kier alpha value is -1.66. The number of hydrogen-bond donors (Lipinski definition) is 1. The van der Waals surface area contributed by atoms with Crippen LogP contribution in [0.1, 0.15) is 39.9 Å². The normalized spacial score (nSPS) is 17.4. The van der Waals surface area contributed by atoms with Crippen molar-refractivity contribution in [2.45, 2.75) is 25.8 Å². The Balaban J connectivity index is 1.80. The Morgan fingerprint density at radius 2 is 2.27 bits per heavy atom. The van der Waals surface area contributed by atoms with Gasteiger partial charge in [-0.1, -0.05) is 6.07 Å². The zero-order chi connectivity index (χ0) is 15.5. The third-order valence-electron chi connectivity index (χ3n) is 4.11. The van der Waals surface area contributed by atoms with Crippen LogP contribution in [0.4, 0.5) is 0 Å². The minimum Gasteiger partial charge on any atom is -0.381 e. The topological polar surface area (TPSA) is 56.1 Å². The lowest BCUT2D eigenvalue weighted by Gasteiger charge is -2.30. The summed E-state index contributed by atoms with van der Waals surface area (Å²) in [4.78, 5) is 13.8. The highest BCUT2D eigenvalue weighted by molar-refractivity contribution is 7.10. The first-order valence-corrected chi connectivity index (χ1v) is 8.46. The van der Waals surface area contributed by atoms with Crippen LogP contribution in [-0.2, 0) is 11.8 Å². The molecule has 3 heterocycles. The Bertz CT molecular complexity index is 630. The van der Waals surface area contributed by atoms with Crippen molar-refractivity contribution in [1.29, 1.82) is 0 Å². The Kier molecular flexibility index (Phi) is 4.59. The van der Waals surface area contributed by atoms with Gasteiger partial charge in [0.15, 0.2) is 0 Å². The maximum absolute atomic E-state index is 12.6. The molecule has 2 aromatic rings. The summed E-state index contributed by atoms with van der Waals surface area (Å²) in [6.07, 6.45) is 1.96. The second kappa shape index (κ2) is 6.62. The van der Waals surface area contributed by atoms with E-state index in [1.165, 1.54) is 4.88 Å². The van der Waals surface area contributed by atoms with Gasteiger partial charge in [-0.2, -0.15) is 5.10 Å². The summed E-state index contributed by atoms with van der Waals surface area (Å²) in [6, 6.07) is 6.00. The van der Waals surface area contributed by atoms with E-state index in [-0.39, 0.29) is 11.9 Å². The molecule has 6 heteroatoms. The average Bonchev–Trinajstić information content (AvgIpc) is 3.15. The van der Waals surface area contributed by atoms with Gasteiger partial charge in [0.2, 0.25) is 0 Å². The molecular weight excluding hydrogens is 298 g/mol. The standard InChI is InChI=1S/C16H21N3O2S/c1-11-10-13(19(2)18-11)16(20)17-15(14-4-3-9-22-14)12-5-7-21-8-6-12/h3-4,9-10,12,15H,5-8H2,1-2H3,(H,17,20)/t15-/m0/s1. The highest BCUT2D eigenvalue weighted by Crippen LogP contribution is 2.32. The minimum atomic E-state index is -0.0620. The summed E-state index contributed by atoms with van der Waals surface area (Å²) >= 11 is 1.69. The SMILES string of the molecule is Cc1cc(C(=O)N[C@H](c2cccs2)C2CCOCC2)n(C)n1. The van der Waals surface area contributed by atoms with Crippen LogP contribution in [0.2, 0.25) is 0 Å². The molecule has 1 atom stereocenters. The molecular formula is C16H21N3O2S. The van der Waals surface area contributed by atoms with Crippen LogP contribution < -0.4 is 5.32 Å². The van der Waals surface area contributed by atoms with Gasteiger partial charge in [-0.05, 0) is 43.2 Å². The van der Waals surface area contributed by atoms with Crippen LogP contribution in [0, 0.1) is 12.8 Å². The molecule has 5 nitrogen and oxygen atoms in total. The van der Waals surface area contributed by atoms with E-state index >= 15 is 0 Å². The van der Waals surface area contributed by atoms with Gasteiger partial charge in [-0.3, -0.25) is 9.48 Å². The van der Waals surface area contributed by atoms with Gasteiger partial charge in [0.25, 0.3) is 5.91 Å². The summed E-state index contributed by atoms with van der Waals surface area (Å²) in [7, 11) is 1.80. The summed E-state index contributed by atoms with van der Waals surface area (Å²) in [5.41, 5.74) is 1.46. The van der Waals surface area contributed by atoms with Gasteiger partial charge in [0.05, 0.1) is 11.7 Å². The highest BCUT2D eigenvalue weighted by Gasteiger charge is 2.28. The van der Waals surface area contributed by atoms with Crippen molar-refractivity contribution in [1.82, 2.24) is 15.1 Å². The molecule has 1 amide bonds. The van der Waals surface area contributed by atoms with E-state index in [9.17, 15) is 4.79 Å². The first kappa shape index (κ1) is 15.2. The van der Waals surface area contributed by atoms with E-state index in [1.54, 1.807) is 23.1 Å². The van der Waals surface area contributed by atoms with Crippen molar-refractivity contribution in [2.24, 2.45) is 13.0 Å². The molecule has 1 fully saturated rings. The largest absolute Gasteiger partial charge is 0.381 e. The smallest absolute Gasteiger partial charge is 0.270 e. The van der Waals surface area contributed by atoms with Gasteiger partial charge in [0.1, 0.15) is 5.69 Å². The van der Waals surface area contributed by atoms with E-state index in [2.05, 4.69) is 21.9 Å². The number of carbonyl (C=O) groups is 1. The lowest BCUT2D eigenvalue weighted by atomic mass is 9.90. The van der Waals surface area contributed by atoms with Gasteiger partial charge in [0, 0.05) is 25.1 Å². The number of aromatic nitrogens is 2. The molecule has 0 unspecified atom stereocenters. The third-order valence-corrected chi connectivity index (χ3v) is 5.06. The Labute approximate surface area is 134 Å². The van der Waals surface area contributed by atoms with E-state index in [0.29, 0.717) is 11.6 Å². The van der Waals surface area contributed by atoms with Gasteiger partial charge < -0.3 is 10.1 Å². The fraction of sp³-hybridized carbons (Fsp3) is 0.500. The second-order valence-electron chi connectivity index (χ2n) is 5.71. The van der Waals surface area contributed by atoms with E-state index < -0.39 is 0 Å². The monoisotopic (exact) mass is 319 g/mol. The molecule has 0 saturated carbocycles. The maximum atomic E-state index is 12.6. The number of nitrogens with zero attached hydrogens (tertiary/aromatic N) is 2. The molecule has 1 aliphatic rings. The number of nitrogens with one attached hydrogen (secondary N) is 1. The van der Waals surface area contributed by atoms with Crippen LogP contribution in [0.3, 0.4) is 0 Å². The lowest BCUT2D eigenvalue weighted by molar-refractivity contribution is 0.0517. The Morgan fingerprint density at radius 3 is 2.86 bits per heavy atom. The highest BCUT2D eigenvalue weighted by atomic mass is 32.1. The van der Waals surface area contributed by atoms with Crippen molar-refractivity contribution >= 4 is 17.2 Å². The summed E-state index contributed by atoms with van der Waals surface area (Å²) in [6.45, 7) is 3.44. The van der Waals surface area contributed by atoms with Crippen molar-refractivity contribution in [3.8, 4) is 0 Å². The number of hydrogen-bond acceptors (Lipinski definition) is 4. The molecule has 0 aromatic carbocycles. The number of carbonyl (C=O) groups excluding carboxylic acids is 1. The summed E-state index contributed by atoms with van der Waals surface area (Å²) in [5.74, 6) is 0.360. The van der Waals surface area contributed by atoms with Crippen LogP contribution in [0.25, 0.3) is 0 Å². The predicted molar refractivity (Wildman–Crippen MR) is 86.0 cm³/mol. The molecule has 0 aliphatic carbocycles. The zero-order valence-electron chi connectivity index (χ0n) is 12.9. The molecule has 0 spiro atoms. The predicted octanol–water partition coefficient (Wildman–Crippen LogP) is 2.69. The van der Waals surface area contributed by atoms with Crippen LogP contribution in [0.15, 0.2) is 23.6 Å². The first-order chi connectivity index (χ1) is 10.6. The number of ether oxygens (including phenoxy) is 1. The number of amides is 1. The van der Waals surface area contributed by atoms with Crippen molar-refractivity contribution in [2.75, 3.05) is 13.2 Å². The molecule has 22 heavy (non-hydrogen) atoms. The fourth-order valence-corrected chi connectivity index (χ4v) is 3.85. The minimum absolute atomic E-state index is 0.0478. The molecule has 1 aliphatic heterocycles. The molecule has 118 valence electrons. The summed E-state index contributed by atoms with van der Waals surface area (Å²) < 4.78 is 7.09. The molecule has 0 bridgehead atoms. The van der Waals surface area contributed by atoms with Crippen LogP contribution in [0.5, 0.6) is 0 Å². The molecule has 1 N–H and O–H groups in total. The zero-order valence-corrected chi connectivity index (χ0v) is 13.7. The van der Waals surface area contributed by atoms with Gasteiger partial charge in [-0.15, -0.1) is 11.3 Å². The number of thiophene rings is 1. The van der Waals surface area contributed by atoms with E-state index in [1.807, 2.05) is 19.1 Å². The molecule has 0 radical (unpaired) electrons. The average molecular weight is 319 g/mol. The molecule has 2 aromatic heterocycles. The van der Waals surface area contributed by atoms with Crippen LogP contribution >= 0.6 is 11.3 Å². The molecule has 1 saturated heterocycles. The maximum Gasteiger partial charge on any atom is 0.270 e. The summed E-state index contributed by atoms with van der Waals surface area (Å²) in [5, 5.41) is 9.53. The van der Waals surface area contributed by atoms with E-state index in [0.717, 1.165) is 31.7 Å². The first-order valence-electron chi connectivity index (χ1n) is 7.58. The fourth-order valence-electron chi connectivity index (χ4n) is 2.98. The van der Waals surface area contributed by atoms with Crippen LogP contribution in [-0.4, -0.2) is 28.9 Å². The molecule has 3 rings (SSSR count). The quantitative estimate of drug-likeness (QED) is 0.942.